The van der Waals surface area contributed by atoms with Crippen molar-refractivity contribution in [3.8, 4) is 0 Å². The van der Waals surface area contributed by atoms with Crippen molar-refractivity contribution < 1.29 is 67.8 Å². The predicted molar refractivity (Wildman–Crippen MR) is 225 cm³/mol. The number of hydrogen-bond donors (Lipinski definition) is 4. The maximum absolute atomic E-state index is 15.5. The van der Waals surface area contributed by atoms with Crippen LogP contribution in [0.4, 0.5) is 0 Å². The third-order valence-corrected chi connectivity index (χ3v) is 14.1. The number of hydrogen-bond acceptors (Lipinski definition) is 14. The van der Waals surface area contributed by atoms with Gasteiger partial charge in [-0.25, -0.2) is 9.59 Å². The molecule has 1 aliphatic heterocycles. The number of aliphatic hydroxyl groups is 3. The van der Waals surface area contributed by atoms with Gasteiger partial charge in [-0.2, -0.15) is 0 Å². The highest BCUT2D eigenvalue weighted by Crippen LogP contribution is 2.64. The van der Waals surface area contributed by atoms with Gasteiger partial charge in [0, 0.05) is 42.1 Å². The van der Waals surface area contributed by atoms with Crippen LogP contribution in [0.2, 0.25) is 0 Å². The van der Waals surface area contributed by atoms with Crippen LogP contribution >= 0.6 is 15.9 Å². The average molecular weight is 933 g/mol. The summed E-state index contributed by atoms with van der Waals surface area (Å²) in [6.07, 6.45) is -10.6. The fourth-order valence-corrected chi connectivity index (χ4v) is 10.5. The summed E-state index contributed by atoms with van der Waals surface area (Å²) in [5, 5.41) is 40.3. The van der Waals surface area contributed by atoms with E-state index in [1.165, 1.54) is 26.0 Å². The third kappa shape index (κ3) is 7.79. The molecule has 3 aromatic carbocycles. The lowest BCUT2D eigenvalue weighted by Crippen LogP contribution is -2.82. The standard InChI is InChI=1S/C47H50BrNO14/c1-24-31(61-43(57)36(53)35(27-17-19-30(48)20-18-27)49-41(55)28-13-9-7-10-14-28)22-47(58)40(62-42(56)29-15-11-8-12-16-29)38-45(6,32(52)21-33-46(38,23-59-33)63-26(3)51)39(54)37(60-25(2)50)34(24)44(47,4)5/h7-20,31-33,35-38,40,52-53,58H,21-23H2,1-6H3,(H,49,55)/t31?,32?,33?,35-,36?,37?,38?,40?,45+,46-,47?/m0/s1. The number of halogens is 1. The van der Waals surface area contributed by atoms with Crippen LogP contribution in [-0.4, -0.2) is 105 Å². The van der Waals surface area contributed by atoms with E-state index in [0.717, 1.165) is 13.8 Å². The molecule has 1 heterocycles. The van der Waals surface area contributed by atoms with Gasteiger partial charge in [-0.15, -0.1) is 0 Å². The number of carbonyl (C=O) groups is 6. The molecule has 1 saturated heterocycles. The normalized spacial score (nSPS) is 31.6. The number of nitrogens with one attached hydrogen (secondary N) is 1. The van der Waals surface area contributed by atoms with Crippen molar-refractivity contribution in [3.05, 3.63) is 117 Å². The van der Waals surface area contributed by atoms with Crippen LogP contribution in [0.15, 0.2) is 101 Å². The Morgan fingerprint density at radius 3 is 2.02 bits per heavy atom. The summed E-state index contributed by atoms with van der Waals surface area (Å²) in [5.74, 6) is -6.88. The Labute approximate surface area is 372 Å². The maximum atomic E-state index is 15.5. The van der Waals surface area contributed by atoms with Gasteiger partial charge in [0.25, 0.3) is 5.91 Å². The fraction of sp³-hybridized carbons (Fsp3) is 0.447. The first-order valence-electron chi connectivity index (χ1n) is 20.6. The monoisotopic (exact) mass is 931 g/mol. The highest BCUT2D eigenvalue weighted by atomic mass is 79.9. The van der Waals surface area contributed by atoms with Gasteiger partial charge >= 0.3 is 23.9 Å². The molecule has 1 amide bonds. The number of benzene rings is 3. The minimum atomic E-state index is -2.40. The molecule has 0 aromatic heterocycles. The first kappa shape index (κ1) is 45.8. The van der Waals surface area contributed by atoms with Crippen LogP contribution < -0.4 is 5.32 Å². The molecule has 63 heavy (non-hydrogen) atoms. The van der Waals surface area contributed by atoms with Crippen molar-refractivity contribution >= 4 is 51.5 Å². The van der Waals surface area contributed by atoms with Crippen molar-refractivity contribution in [1.82, 2.24) is 5.32 Å². The molecule has 2 bridgehead atoms. The topological polar surface area (TPSA) is 221 Å². The molecule has 4 N–H and O–H groups in total. The number of rotatable bonds is 10. The molecule has 0 spiro atoms. The number of carbonyl (C=O) groups excluding carboxylic acids is 6. The molecule has 4 aliphatic rings. The molecule has 334 valence electrons. The lowest BCUT2D eigenvalue weighted by Gasteiger charge is -2.67. The Morgan fingerprint density at radius 2 is 1.46 bits per heavy atom. The van der Waals surface area contributed by atoms with Gasteiger partial charge in [0.2, 0.25) is 0 Å². The molecule has 16 heteroatoms. The number of esters is 4. The number of Topliss-reactive ketones (excluding diaryl/α,β-unsaturated/α-hetero) is 1. The van der Waals surface area contributed by atoms with Crippen LogP contribution in [0.25, 0.3) is 0 Å². The second-order valence-corrected chi connectivity index (χ2v) is 18.4. The molecule has 2 saturated carbocycles. The Kier molecular flexibility index (Phi) is 12.4. The Bertz CT molecular complexity index is 2340. The van der Waals surface area contributed by atoms with E-state index in [2.05, 4.69) is 21.2 Å². The first-order chi connectivity index (χ1) is 29.7. The van der Waals surface area contributed by atoms with E-state index in [0.29, 0.717) is 10.0 Å². The molecule has 11 atom stereocenters. The second kappa shape index (κ2) is 17.0. The van der Waals surface area contributed by atoms with Gasteiger partial charge in [-0.05, 0) is 67.0 Å². The summed E-state index contributed by atoms with van der Waals surface area (Å²) in [5.41, 5.74) is -7.09. The summed E-state index contributed by atoms with van der Waals surface area (Å²) in [6, 6.07) is 21.2. The van der Waals surface area contributed by atoms with Crippen LogP contribution in [-0.2, 0) is 42.9 Å². The number of ketones is 1. The molecule has 7 rings (SSSR count). The third-order valence-electron chi connectivity index (χ3n) is 13.6. The van der Waals surface area contributed by atoms with E-state index in [9.17, 15) is 39.3 Å². The second-order valence-electron chi connectivity index (χ2n) is 17.5. The number of fused-ring (bicyclic) bond motifs is 5. The Morgan fingerprint density at radius 1 is 0.857 bits per heavy atom. The Hall–Kier alpha value is -5.26. The molecule has 0 radical (unpaired) electrons. The van der Waals surface area contributed by atoms with E-state index < -0.39 is 113 Å². The zero-order valence-corrected chi connectivity index (χ0v) is 37.1. The zero-order valence-electron chi connectivity index (χ0n) is 35.5. The molecular weight excluding hydrogens is 882 g/mol. The number of amides is 1. The van der Waals surface area contributed by atoms with E-state index in [1.54, 1.807) is 86.6 Å². The van der Waals surface area contributed by atoms with E-state index in [4.69, 9.17) is 23.7 Å². The van der Waals surface area contributed by atoms with Crippen LogP contribution in [0, 0.1) is 16.7 Å². The molecule has 8 unspecified atom stereocenters. The summed E-state index contributed by atoms with van der Waals surface area (Å²) < 4.78 is 31.0. The van der Waals surface area contributed by atoms with Gasteiger partial charge in [0.1, 0.15) is 23.9 Å². The van der Waals surface area contributed by atoms with Gasteiger partial charge in [0.05, 0.1) is 35.6 Å². The quantitative estimate of drug-likeness (QED) is 0.125. The molecule has 3 aliphatic carbocycles. The van der Waals surface area contributed by atoms with Crippen molar-refractivity contribution in [2.45, 2.75) is 108 Å². The predicted octanol–water partition coefficient (Wildman–Crippen LogP) is 4.50. The number of ether oxygens (including phenoxy) is 5. The highest BCUT2D eigenvalue weighted by molar-refractivity contribution is 9.10. The minimum absolute atomic E-state index is 0.00765. The molecule has 15 nitrogen and oxygen atoms in total. The number of aliphatic hydroxyl groups excluding tert-OH is 2. The largest absolute Gasteiger partial charge is 0.456 e. The maximum Gasteiger partial charge on any atom is 0.338 e. The van der Waals surface area contributed by atoms with E-state index in [-0.39, 0.29) is 35.3 Å². The zero-order chi connectivity index (χ0) is 45.8. The smallest absolute Gasteiger partial charge is 0.338 e. The SMILES string of the molecule is CC(=O)OC1C(=O)[C@]2(C)C(O)CC3OC[C@@]3(OC(C)=O)C2C(OC(=O)c2ccccc2)C2(O)CC(OC(=O)C(O)[C@@H](NC(=O)c3ccccc3)c3ccc(Br)cc3)C(C)=C1C2(C)C. The van der Waals surface area contributed by atoms with Crippen molar-refractivity contribution in [2.24, 2.45) is 16.7 Å². The summed E-state index contributed by atoms with van der Waals surface area (Å²) >= 11 is 3.38. The van der Waals surface area contributed by atoms with Gasteiger partial charge in [0.15, 0.2) is 23.6 Å². The van der Waals surface area contributed by atoms with Crippen LogP contribution in [0.3, 0.4) is 0 Å². The molecule has 3 aromatic rings. The fourth-order valence-electron chi connectivity index (χ4n) is 10.2. The summed E-state index contributed by atoms with van der Waals surface area (Å²) in [6.45, 7) is 7.96. The minimum Gasteiger partial charge on any atom is -0.456 e. The van der Waals surface area contributed by atoms with Crippen molar-refractivity contribution in [3.63, 3.8) is 0 Å². The van der Waals surface area contributed by atoms with Crippen molar-refractivity contribution in [2.75, 3.05) is 6.61 Å². The van der Waals surface area contributed by atoms with Crippen LogP contribution in [0.5, 0.6) is 0 Å². The van der Waals surface area contributed by atoms with Gasteiger partial charge < -0.3 is 44.3 Å². The van der Waals surface area contributed by atoms with E-state index >= 15 is 4.79 Å². The van der Waals surface area contributed by atoms with E-state index in [1.807, 2.05) is 0 Å². The molecular formula is C47H50BrNO14. The lowest BCUT2D eigenvalue weighted by molar-refractivity contribution is -0.346. The van der Waals surface area contributed by atoms with Gasteiger partial charge in [-0.3, -0.25) is 19.2 Å². The summed E-state index contributed by atoms with van der Waals surface area (Å²) in [4.78, 5) is 83.6. The van der Waals surface area contributed by atoms with Gasteiger partial charge in [-0.1, -0.05) is 78.3 Å². The lowest BCUT2D eigenvalue weighted by atomic mass is 9.44. The first-order valence-corrected chi connectivity index (χ1v) is 21.4. The summed E-state index contributed by atoms with van der Waals surface area (Å²) in [7, 11) is 0. The Balaban J connectivity index is 1.39. The van der Waals surface area contributed by atoms with Crippen LogP contribution in [0.1, 0.15) is 86.7 Å². The van der Waals surface area contributed by atoms with Crippen molar-refractivity contribution in [1.29, 1.82) is 0 Å². The average Bonchev–Trinajstić information content (AvgIpc) is 3.24. The highest BCUT2D eigenvalue weighted by Gasteiger charge is 2.78. The molecule has 3 fully saturated rings.